The van der Waals surface area contributed by atoms with Crippen molar-refractivity contribution in [1.29, 1.82) is 0 Å². The number of rotatable bonds is 6. The monoisotopic (exact) mass is 286 g/mol. The first-order chi connectivity index (χ1) is 9.04. The highest BCUT2D eigenvalue weighted by molar-refractivity contribution is 6.29. The van der Waals surface area contributed by atoms with Gasteiger partial charge in [0.2, 0.25) is 0 Å². The van der Waals surface area contributed by atoms with E-state index in [4.69, 9.17) is 21.1 Å². The lowest BCUT2D eigenvalue weighted by Crippen LogP contribution is -2.37. The lowest BCUT2D eigenvalue weighted by atomic mass is 10.3. The molecule has 1 aromatic heterocycles. The SMILES string of the molecule is COCCNC(=O)C(C)OC(=O)c1ccc(Cl)nc1. The lowest BCUT2D eigenvalue weighted by Gasteiger charge is -2.13. The summed E-state index contributed by atoms with van der Waals surface area (Å²) < 4.78 is 9.78. The van der Waals surface area contributed by atoms with E-state index in [1.54, 1.807) is 0 Å². The molecule has 0 aliphatic carbocycles. The molecule has 1 heterocycles. The van der Waals surface area contributed by atoms with E-state index in [-0.39, 0.29) is 16.6 Å². The van der Waals surface area contributed by atoms with Gasteiger partial charge in [0, 0.05) is 19.9 Å². The van der Waals surface area contributed by atoms with Gasteiger partial charge in [0.1, 0.15) is 5.15 Å². The van der Waals surface area contributed by atoms with Crippen LogP contribution in [0, 0.1) is 0 Å². The van der Waals surface area contributed by atoms with Gasteiger partial charge in [0.15, 0.2) is 6.10 Å². The van der Waals surface area contributed by atoms with Crippen molar-refractivity contribution in [2.24, 2.45) is 0 Å². The van der Waals surface area contributed by atoms with Crippen LogP contribution >= 0.6 is 11.6 Å². The van der Waals surface area contributed by atoms with Crippen LogP contribution in [0.3, 0.4) is 0 Å². The second-order valence-corrected chi connectivity index (χ2v) is 4.09. The number of carbonyl (C=O) groups excluding carboxylic acids is 2. The molecule has 7 heteroatoms. The fourth-order valence-corrected chi connectivity index (χ4v) is 1.31. The van der Waals surface area contributed by atoms with Crippen LogP contribution in [-0.4, -0.2) is 43.2 Å². The quantitative estimate of drug-likeness (QED) is 0.480. The fraction of sp³-hybridized carbons (Fsp3) is 0.417. The molecule has 6 nitrogen and oxygen atoms in total. The van der Waals surface area contributed by atoms with Crippen molar-refractivity contribution in [2.75, 3.05) is 20.3 Å². The Balaban J connectivity index is 2.47. The Morgan fingerprint density at radius 2 is 2.21 bits per heavy atom. The summed E-state index contributed by atoms with van der Waals surface area (Å²) in [5, 5.41) is 2.85. The minimum atomic E-state index is -0.889. The van der Waals surface area contributed by atoms with Gasteiger partial charge in [-0.25, -0.2) is 9.78 Å². The van der Waals surface area contributed by atoms with E-state index in [0.29, 0.717) is 13.2 Å². The molecule has 1 aromatic rings. The molecule has 19 heavy (non-hydrogen) atoms. The van der Waals surface area contributed by atoms with Crippen molar-refractivity contribution in [2.45, 2.75) is 13.0 Å². The molecule has 0 fully saturated rings. The zero-order valence-electron chi connectivity index (χ0n) is 10.7. The van der Waals surface area contributed by atoms with Crippen LogP contribution in [0.5, 0.6) is 0 Å². The van der Waals surface area contributed by atoms with Crippen LogP contribution in [0.25, 0.3) is 0 Å². The van der Waals surface area contributed by atoms with Crippen LogP contribution in [-0.2, 0) is 14.3 Å². The highest BCUT2D eigenvalue weighted by Gasteiger charge is 2.18. The summed E-state index contributed by atoms with van der Waals surface area (Å²) in [6.45, 7) is 2.25. The minimum absolute atomic E-state index is 0.237. The van der Waals surface area contributed by atoms with Crippen molar-refractivity contribution < 1.29 is 19.1 Å². The molecule has 104 valence electrons. The largest absolute Gasteiger partial charge is 0.449 e. The summed E-state index contributed by atoms with van der Waals surface area (Å²) in [6, 6.07) is 2.95. The van der Waals surface area contributed by atoms with E-state index < -0.39 is 12.1 Å². The van der Waals surface area contributed by atoms with Crippen LogP contribution in [0.2, 0.25) is 5.15 Å². The van der Waals surface area contributed by atoms with Gasteiger partial charge in [0.05, 0.1) is 12.2 Å². The number of hydrogen-bond donors (Lipinski definition) is 1. The fourth-order valence-electron chi connectivity index (χ4n) is 1.20. The number of esters is 1. The summed E-state index contributed by atoms with van der Waals surface area (Å²) in [7, 11) is 1.53. The summed E-state index contributed by atoms with van der Waals surface area (Å²) in [5.41, 5.74) is 0.237. The molecule has 1 unspecified atom stereocenters. The van der Waals surface area contributed by atoms with Crippen molar-refractivity contribution in [3.63, 3.8) is 0 Å². The third-order valence-corrected chi connectivity index (χ3v) is 2.45. The molecular weight excluding hydrogens is 272 g/mol. The second-order valence-electron chi connectivity index (χ2n) is 3.70. The first kappa shape index (κ1) is 15.4. The van der Waals surface area contributed by atoms with Gasteiger partial charge in [-0.15, -0.1) is 0 Å². The zero-order chi connectivity index (χ0) is 14.3. The molecule has 0 aliphatic heterocycles. The minimum Gasteiger partial charge on any atom is -0.449 e. The van der Waals surface area contributed by atoms with Crippen molar-refractivity contribution in [3.05, 3.63) is 29.0 Å². The van der Waals surface area contributed by atoms with E-state index in [1.807, 2.05) is 0 Å². The number of methoxy groups -OCH3 is 1. The molecule has 0 saturated carbocycles. The Bertz CT molecular complexity index is 436. The highest BCUT2D eigenvalue weighted by Crippen LogP contribution is 2.07. The van der Waals surface area contributed by atoms with Crippen LogP contribution in [0.15, 0.2) is 18.3 Å². The molecule has 0 bridgehead atoms. The third kappa shape index (κ3) is 5.23. The first-order valence-corrected chi connectivity index (χ1v) is 6.01. The number of nitrogens with zero attached hydrogens (tertiary/aromatic N) is 1. The maximum absolute atomic E-state index is 11.7. The number of hydrogen-bond acceptors (Lipinski definition) is 5. The van der Waals surface area contributed by atoms with Gasteiger partial charge in [-0.05, 0) is 19.1 Å². The third-order valence-electron chi connectivity index (χ3n) is 2.22. The number of pyridine rings is 1. The van der Waals surface area contributed by atoms with Gasteiger partial charge in [0.25, 0.3) is 5.91 Å². The number of carbonyl (C=O) groups is 2. The standard InChI is InChI=1S/C12H15ClN2O4/c1-8(11(16)14-5-6-18-2)19-12(17)9-3-4-10(13)15-7-9/h3-4,7-8H,5-6H2,1-2H3,(H,14,16). The Labute approximate surface area is 116 Å². The molecule has 0 aliphatic rings. The summed E-state index contributed by atoms with van der Waals surface area (Å²) in [5.74, 6) is -1.01. The molecule has 0 saturated heterocycles. The highest BCUT2D eigenvalue weighted by atomic mass is 35.5. The smallest absolute Gasteiger partial charge is 0.340 e. The Kier molecular flexibility index (Phi) is 6.24. The van der Waals surface area contributed by atoms with Crippen LogP contribution in [0.1, 0.15) is 17.3 Å². The molecule has 1 amide bonds. The van der Waals surface area contributed by atoms with Crippen molar-refractivity contribution >= 4 is 23.5 Å². The normalized spacial score (nSPS) is 11.7. The van der Waals surface area contributed by atoms with Gasteiger partial charge in [-0.3, -0.25) is 4.79 Å². The van der Waals surface area contributed by atoms with E-state index in [9.17, 15) is 9.59 Å². The van der Waals surface area contributed by atoms with Crippen LogP contribution < -0.4 is 5.32 Å². The van der Waals surface area contributed by atoms with E-state index in [1.165, 1.54) is 32.4 Å². The first-order valence-electron chi connectivity index (χ1n) is 5.63. The number of nitrogens with one attached hydrogen (secondary N) is 1. The van der Waals surface area contributed by atoms with Gasteiger partial charge in [-0.2, -0.15) is 0 Å². The number of amides is 1. The number of ether oxygens (including phenoxy) is 2. The molecule has 0 aromatic carbocycles. The molecule has 0 radical (unpaired) electrons. The van der Waals surface area contributed by atoms with Gasteiger partial charge < -0.3 is 14.8 Å². The molecule has 1 rings (SSSR count). The molecule has 0 spiro atoms. The molecule has 1 N–H and O–H groups in total. The van der Waals surface area contributed by atoms with E-state index in [2.05, 4.69) is 10.3 Å². The predicted molar refractivity (Wildman–Crippen MR) is 69.0 cm³/mol. The summed E-state index contributed by atoms with van der Waals surface area (Å²) >= 11 is 5.60. The average molecular weight is 287 g/mol. The van der Waals surface area contributed by atoms with E-state index in [0.717, 1.165) is 0 Å². The second kappa shape index (κ2) is 7.70. The lowest BCUT2D eigenvalue weighted by molar-refractivity contribution is -0.129. The zero-order valence-corrected chi connectivity index (χ0v) is 11.4. The maximum atomic E-state index is 11.7. The average Bonchev–Trinajstić information content (AvgIpc) is 2.39. The molecular formula is C12H15ClN2O4. The number of aromatic nitrogens is 1. The van der Waals surface area contributed by atoms with Gasteiger partial charge in [-0.1, -0.05) is 11.6 Å². The Morgan fingerprint density at radius 3 is 2.79 bits per heavy atom. The van der Waals surface area contributed by atoms with Gasteiger partial charge >= 0.3 is 5.97 Å². The maximum Gasteiger partial charge on any atom is 0.340 e. The molecule has 1 atom stereocenters. The van der Waals surface area contributed by atoms with Crippen molar-refractivity contribution in [3.8, 4) is 0 Å². The summed E-state index contributed by atoms with van der Waals surface area (Å²) in [4.78, 5) is 27.0. The van der Waals surface area contributed by atoms with Crippen molar-refractivity contribution in [1.82, 2.24) is 10.3 Å². The number of halogens is 1. The topological polar surface area (TPSA) is 77.5 Å². The Hall–Kier alpha value is -1.66. The van der Waals surface area contributed by atoms with Crippen LogP contribution in [0.4, 0.5) is 0 Å². The predicted octanol–water partition coefficient (Wildman–Crippen LogP) is 1.04. The van der Waals surface area contributed by atoms with E-state index >= 15 is 0 Å². The Morgan fingerprint density at radius 1 is 1.47 bits per heavy atom. The summed E-state index contributed by atoms with van der Waals surface area (Å²) in [6.07, 6.45) is 0.403.